The Bertz CT molecular complexity index is 489. The van der Waals surface area contributed by atoms with E-state index < -0.39 is 0 Å². The Morgan fingerprint density at radius 3 is 2.76 bits per heavy atom. The minimum absolute atomic E-state index is 0.181. The van der Waals surface area contributed by atoms with Crippen molar-refractivity contribution in [1.82, 2.24) is 4.90 Å². The molecule has 0 aliphatic carbocycles. The Kier molecular flexibility index (Phi) is 2.99. The van der Waals surface area contributed by atoms with E-state index in [1.165, 1.54) is 5.56 Å². The van der Waals surface area contributed by atoms with Crippen LogP contribution in [0.25, 0.3) is 0 Å². The molecular formula is C13H13NOS2. The lowest BCUT2D eigenvalue weighted by Gasteiger charge is -2.23. The lowest BCUT2D eigenvalue weighted by atomic mass is 10.1. The number of thiophene rings is 2. The summed E-state index contributed by atoms with van der Waals surface area (Å²) in [4.78, 5) is 14.4. The molecule has 0 saturated carbocycles. The lowest BCUT2D eigenvalue weighted by Crippen LogP contribution is -2.29. The maximum absolute atomic E-state index is 12.3. The van der Waals surface area contributed by atoms with Crippen molar-refractivity contribution in [3.05, 3.63) is 44.8 Å². The molecule has 1 aliphatic heterocycles. The van der Waals surface area contributed by atoms with Gasteiger partial charge in [0.2, 0.25) is 0 Å². The van der Waals surface area contributed by atoms with Crippen molar-refractivity contribution >= 4 is 28.6 Å². The van der Waals surface area contributed by atoms with Crippen LogP contribution in [0.2, 0.25) is 0 Å². The van der Waals surface area contributed by atoms with Crippen molar-refractivity contribution in [2.24, 2.45) is 0 Å². The van der Waals surface area contributed by atoms with Crippen LogP contribution in [0.5, 0.6) is 0 Å². The highest BCUT2D eigenvalue weighted by Gasteiger charge is 2.30. The first-order chi connectivity index (χ1) is 8.36. The van der Waals surface area contributed by atoms with Crippen molar-refractivity contribution in [3.8, 4) is 0 Å². The molecule has 3 heterocycles. The van der Waals surface area contributed by atoms with Crippen molar-refractivity contribution < 1.29 is 4.79 Å². The van der Waals surface area contributed by atoms with Crippen molar-refractivity contribution in [2.45, 2.75) is 18.9 Å². The van der Waals surface area contributed by atoms with Gasteiger partial charge in [-0.1, -0.05) is 0 Å². The van der Waals surface area contributed by atoms with Gasteiger partial charge < -0.3 is 4.90 Å². The first-order valence-corrected chi connectivity index (χ1v) is 7.60. The zero-order chi connectivity index (χ0) is 11.7. The first-order valence-electron chi connectivity index (χ1n) is 5.71. The monoisotopic (exact) mass is 263 g/mol. The number of likely N-dealkylation sites (tertiary alicyclic amines) is 1. The number of amides is 1. The van der Waals surface area contributed by atoms with Gasteiger partial charge in [-0.2, -0.15) is 22.7 Å². The molecule has 1 fully saturated rings. The molecule has 1 saturated heterocycles. The second-order valence-electron chi connectivity index (χ2n) is 4.23. The predicted octanol–water partition coefficient (Wildman–Crippen LogP) is 3.79. The Labute approximate surface area is 109 Å². The minimum atomic E-state index is 0.181. The van der Waals surface area contributed by atoms with E-state index in [0.29, 0.717) is 0 Å². The van der Waals surface area contributed by atoms with Gasteiger partial charge in [0.15, 0.2) is 0 Å². The molecule has 0 unspecified atom stereocenters. The molecule has 88 valence electrons. The van der Waals surface area contributed by atoms with Crippen molar-refractivity contribution in [3.63, 3.8) is 0 Å². The zero-order valence-electron chi connectivity index (χ0n) is 9.33. The second kappa shape index (κ2) is 4.63. The smallest absolute Gasteiger partial charge is 0.255 e. The maximum atomic E-state index is 12.3. The van der Waals surface area contributed by atoms with Gasteiger partial charge in [0.25, 0.3) is 5.91 Å². The van der Waals surface area contributed by atoms with Gasteiger partial charge in [0, 0.05) is 11.9 Å². The van der Waals surface area contributed by atoms with Gasteiger partial charge in [0.1, 0.15) is 0 Å². The fourth-order valence-corrected chi connectivity index (χ4v) is 3.71. The van der Waals surface area contributed by atoms with E-state index in [1.54, 1.807) is 22.7 Å². The third-order valence-electron chi connectivity index (χ3n) is 3.21. The third kappa shape index (κ3) is 2.03. The van der Waals surface area contributed by atoms with Crippen LogP contribution < -0.4 is 0 Å². The van der Waals surface area contributed by atoms with Gasteiger partial charge in [-0.05, 0) is 46.7 Å². The minimum Gasteiger partial charge on any atom is -0.332 e. The average Bonchev–Trinajstić information content (AvgIpc) is 3.09. The zero-order valence-corrected chi connectivity index (χ0v) is 11.0. The SMILES string of the molecule is O=C(c1ccsc1)N1CCC[C@@H]1c1ccsc1. The quantitative estimate of drug-likeness (QED) is 0.807. The molecule has 2 nitrogen and oxygen atoms in total. The molecule has 1 atom stereocenters. The number of hydrogen-bond acceptors (Lipinski definition) is 3. The van der Waals surface area contributed by atoms with E-state index >= 15 is 0 Å². The van der Waals surface area contributed by atoms with Gasteiger partial charge in [-0.15, -0.1) is 0 Å². The summed E-state index contributed by atoms with van der Waals surface area (Å²) in [6.45, 7) is 0.884. The summed E-state index contributed by atoms with van der Waals surface area (Å²) in [6.07, 6.45) is 2.20. The van der Waals surface area contributed by atoms with Gasteiger partial charge in [-0.25, -0.2) is 0 Å². The predicted molar refractivity (Wildman–Crippen MR) is 71.6 cm³/mol. The average molecular weight is 263 g/mol. The van der Waals surface area contributed by atoms with E-state index in [1.807, 2.05) is 21.7 Å². The van der Waals surface area contributed by atoms with Crippen LogP contribution in [0.1, 0.15) is 34.8 Å². The van der Waals surface area contributed by atoms with E-state index in [9.17, 15) is 4.79 Å². The van der Waals surface area contributed by atoms with Crippen molar-refractivity contribution in [2.75, 3.05) is 6.54 Å². The lowest BCUT2D eigenvalue weighted by molar-refractivity contribution is 0.0736. The summed E-state index contributed by atoms with van der Waals surface area (Å²) < 4.78 is 0. The molecule has 1 amide bonds. The van der Waals surface area contributed by atoms with Crippen molar-refractivity contribution in [1.29, 1.82) is 0 Å². The summed E-state index contributed by atoms with van der Waals surface area (Å²) in [6, 6.07) is 4.33. The molecule has 2 aromatic heterocycles. The highest BCUT2D eigenvalue weighted by Crippen LogP contribution is 2.34. The van der Waals surface area contributed by atoms with E-state index in [0.717, 1.165) is 24.9 Å². The van der Waals surface area contributed by atoms with Crippen LogP contribution in [0.15, 0.2) is 33.7 Å². The summed E-state index contributed by atoms with van der Waals surface area (Å²) in [5, 5.41) is 8.14. The molecule has 1 aliphatic rings. The fraction of sp³-hybridized carbons (Fsp3) is 0.308. The van der Waals surface area contributed by atoms with Crippen LogP contribution in [-0.2, 0) is 0 Å². The van der Waals surface area contributed by atoms with Gasteiger partial charge in [-0.3, -0.25) is 4.79 Å². The largest absolute Gasteiger partial charge is 0.332 e. The molecule has 3 rings (SSSR count). The number of nitrogens with zero attached hydrogens (tertiary/aromatic N) is 1. The molecule has 2 aromatic rings. The Balaban J connectivity index is 1.85. The fourth-order valence-electron chi connectivity index (χ4n) is 2.37. The molecule has 0 radical (unpaired) electrons. The van der Waals surface area contributed by atoms with Crippen LogP contribution in [0, 0.1) is 0 Å². The van der Waals surface area contributed by atoms with Crippen LogP contribution in [0.4, 0.5) is 0 Å². The Morgan fingerprint density at radius 1 is 1.24 bits per heavy atom. The maximum Gasteiger partial charge on any atom is 0.255 e. The van der Waals surface area contributed by atoms with Crippen LogP contribution >= 0.6 is 22.7 Å². The van der Waals surface area contributed by atoms with E-state index in [-0.39, 0.29) is 11.9 Å². The summed E-state index contributed by atoms with van der Waals surface area (Å²) in [5.41, 5.74) is 2.12. The number of carbonyl (C=O) groups excluding carboxylic acids is 1. The molecule has 17 heavy (non-hydrogen) atoms. The first kappa shape index (κ1) is 11.0. The highest BCUT2D eigenvalue weighted by atomic mass is 32.1. The van der Waals surface area contributed by atoms with Crippen LogP contribution in [-0.4, -0.2) is 17.4 Å². The van der Waals surface area contributed by atoms with Gasteiger partial charge >= 0.3 is 0 Å². The highest BCUT2D eigenvalue weighted by molar-refractivity contribution is 7.08. The summed E-state index contributed by atoms with van der Waals surface area (Å²) in [5.74, 6) is 0.181. The molecular weight excluding hydrogens is 250 g/mol. The van der Waals surface area contributed by atoms with Gasteiger partial charge in [0.05, 0.1) is 11.6 Å². The third-order valence-corrected chi connectivity index (χ3v) is 4.59. The molecule has 0 aromatic carbocycles. The Hall–Kier alpha value is -1.13. The van der Waals surface area contributed by atoms with E-state index in [2.05, 4.69) is 16.8 Å². The summed E-state index contributed by atoms with van der Waals surface area (Å²) >= 11 is 3.28. The standard InChI is InChI=1S/C13H13NOS2/c15-13(11-4-7-17-9-11)14-5-1-2-12(14)10-3-6-16-8-10/h3-4,6-9,12H,1-2,5H2/t12-/m1/s1. The molecule has 4 heteroatoms. The number of rotatable bonds is 2. The summed E-state index contributed by atoms with van der Waals surface area (Å²) in [7, 11) is 0. The number of hydrogen-bond donors (Lipinski definition) is 0. The van der Waals surface area contributed by atoms with Crippen LogP contribution in [0.3, 0.4) is 0 Å². The topological polar surface area (TPSA) is 20.3 Å². The normalized spacial score (nSPS) is 19.8. The molecule has 0 bridgehead atoms. The number of carbonyl (C=O) groups is 1. The van der Waals surface area contributed by atoms with E-state index in [4.69, 9.17) is 0 Å². The Morgan fingerprint density at radius 2 is 2.06 bits per heavy atom. The second-order valence-corrected chi connectivity index (χ2v) is 5.79. The molecule has 0 N–H and O–H groups in total. The molecule has 0 spiro atoms.